The average molecular weight is 562 g/mol. The Kier molecular flexibility index (Phi) is 6.82. The van der Waals surface area contributed by atoms with Crippen molar-refractivity contribution in [3.63, 3.8) is 0 Å². The Morgan fingerprint density at radius 1 is 1.23 bits per heavy atom. The summed E-state index contributed by atoms with van der Waals surface area (Å²) in [6.07, 6.45) is 7.61. The number of carbonyl (C=O) groups is 1. The van der Waals surface area contributed by atoms with Gasteiger partial charge in [-0.25, -0.2) is 19.4 Å². The van der Waals surface area contributed by atoms with E-state index in [2.05, 4.69) is 35.9 Å². The normalized spacial score (nSPS) is 15.2. The van der Waals surface area contributed by atoms with Crippen LogP contribution in [0.4, 0.5) is 16.4 Å². The SMILES string of the molecule is CCn1ncc2c3c(NCc4ccc(OC)c(Cl)c4)nnc(-n4cnc(NC(=O)N5CC[C@@H](N)C5)c4)c3cnc21. The van der Waals surface area contributed by atoms with E-state index < -0.39 is 0 Å². The highest BCUT2D eigenvalue weighted by atomic mass is 35.5. The zero-order valence-corrected chi connectivity index (χ0v) is 22.8. The molecule has 1 atom stereocenters. The van der Waals surface area contributed by atoms with Crippen LogP contribution in [0.5, 0.6) is 5.75 Å². The number of nitrogens with zero attached hydrogens (tertiary/aromatic N) is 8. The van der Waals surface area contributed by atoms with Crippen molar-refractivity contribution in [1.82, 2.24) is 39.4 Å². The number of benzene rings is 1. The molecular formula is C26H28ClN11O2. The Morgan fingerprint density at radius 2 is 2.10 bits per heavy atom. The minimum atomic E-state index is -0.234. The highest BCUT2D eigenvalue weighted by molar-refractivity contribution is 6.32. The second-order valence-corrected chi connectivity index (χ2v) is 9.94. The predicted octanol–water partition coefficient (Wildman–Crippen LogP) is 3.42. The molecule has 1 aliphatic rings. The lowest BCUT2D eigenvalue weighted by Gasteiger charge is -2.15. The van der Waals surface area contributed by atoms with E-state index in [1.165, 1.54) is 0 Å². The van der Waals surface area contributed by atoms with E-state index in [0.717, 1.165) is 33.8 Å². The van der Waals surface area contributed by atoms with Crippen LogP contribution >= 0.6 is 11.6 Å². The molecule has 14 heteroatoms. The first kappa shape index (κ1) is 25.8. The molecule has 0 aliphatic carbocycles. The third-order valence-corrected chi connectivity index (χ3v) is 7.23. The van der Waals surface area contributed by atoms with Gasteiger partial charge in [-0.3, -0.25) is 9.88 Å². The van der Waals surface area contributed by atoms with Crippen molar-refractivity contribution in [1.29, 1.82) is 0 Å². The van der Waals surface area contributed by atoms with Gasteiger partial charge in [-0.1, -0.05) is 17.7 Å². The first-order chi connectivity index (χ1) is 19.4. The first-order valence-corrected chi connectivity index (χ1v) is 13.3. The predicted molar refractivity (Wildman–Crippen MR) is 152 cm³/mol. The van der Waals surface area contributed by atoms with E-state index in [-0.39, 0.29) is 12.1 Å². The highest BCUT2D eigenvalue weighted by Crippen LogP contribution is 2.32. The maximum Gasteiger partial charge on any atom is 0.323 e. The number of pyridine rings is 1. The topological polar surface area (TPSA) is 154 Å². The van der Waals surface area contributed by atoms with Crippen LogP contribution in [0, 0.1) is 0 Å². The summed E-state index contributed by atoms with van der Waals surface area (Å²) >= 11 is 6.33. The molecule has 1 fully saturated rings. The number of ether oxygens (including phenoxy) is 1. The van der Waals surface area contributed by atoms with Gasteiger partial charge in [-0.2, -0.15) is 5.10 Å². The summed E-state index contributed by atoms with van der Waals surface area (Å²) in [5, 5.41) is 22.7. The fourth-order valence-corrected chi connectivity index (χ4v) is 5.15. The summed E-state index contributed by atoms with van der Waals surface area (Å²) in [7, 11) is 1.58. The zero-order valence-electron chi connectivity index (χ0n) is 22.0. The van der Waals surface area contributed by atoms with Crippen LogP contribution in [0.1, 0.15) is 18.9 Å². The summed E-state index contributed by atoms with van der Waals surface area (Å²) in [5.74, 6) is 2.10. The van der Waals surface area contributed by atoms with Crippen LogP contribution in [0.15, 0.2) is 43.1 Å². The second kappa shape index (κ2) is 10.6. The van der Waals surface area contributed by atoms with Crippen molar-refractivity contribution in [2.45, 2.75) is 32.5 Å². The van der Waals surface area contributed by atoms with Crippen molar-refractivity contribution in [3.05, 3.63) is 53.7 Å². The molecule has 206 valence electrons. The molecule has 0 bridgehead atoms. The minimum absolute atomic E-state index is 0.000164. The third-order valence-electron chi connectivity index (χ3n) is 6.94. The van der Waals surface area contributed by atoms with Gasteiger partial charge in [0.15, 0.2) is 23.1 Å². The Balaban J connectivity index is 1.35. The molecule has 0 spiro atoms. The van der Waals surface area contributed by atoms with Gasteiger partial charge < -0.3 is 20.7 Å². The largest absolute Gasteiger partial charge is 0.495 e. The second-order valence-electron chi connectivity index (χ2n) is 9.53. The number of fused-ring (bicyclic) bond motifs is 3. The van der Waals surface area contributed by atoms with Gasteiger partial charge in [0, 0.05) is 49.2 Å². The third kappa shape index (κ3) is 4.73. The van der Waals surface area contributed by atoms with Gasteiger partial charge >= 0.3 is 6.03 Å². The number of aryl methyl sites for hydroxylation is 1. The molecule has 0 radical (unpaired) electrons. The van der Waals surface area contributed by atoms with Crippen LogP contribution < -0.4 is 21.1 Å². The summed E-state index contributed by atoms with van der Waals surface area (Å²) in [6, 6.07) is 5.38. The molecule has 1 saturated heterocycles. The quantitative estimate of drug-likeness (QED) is 0.271. The molecule has 4 aromatic heterocycles. The summed E-state index contributed by atoms with van der Waals surface area (Å²) in [6.45, 7) is 4.28. The van der Waals surface area contributed by atoms with Crippen molar-refractivity contribution >= 4 is 51.1 Å². The molecule has 6 rings (SSSR count). The van der Waals surface area contributed by atoms with Crippen molar-refractivity contribution in [2.24, 2.45) is 5.73 Å². The van der Waals surface area contributed by atoms with Crippen LogP contribution in [0.2, 0.25) is 5.02 Å². The van der Waals surface area contributed by atoms with E-state index in [1.54, 1.807) is 41.5 Å². The number of anilines is 2. The molecule has 4 N–H and O–H groups in total. The summed E-state index contributed by atoms with van der Waals surface area (Å²) < 4.78 is 8.80. The van der Waals surface area contributed by atoms with Crippen LogP contribution in [-0.4, -0.2) is 71.7 Å². The average Bonchev–Trinajstić information content (AvgIpc) is 3.71. The van der Waals surface area contributed by atoms with Crippen molar-refractivity contribution in [3.8, 4) is 11.6 Å². The maximum absolute atomic E-state index is 12.6. The number of rotatable bonds is 7. The maximum atomic E-state index is 12.6. The molecule has 40 heavy (non-hydrogen) atoms. The lowest BCUT2D eigenvalue weighted by Crippen LogP contribution is -2.35. The number of methoxy groups -OCH3 is 1. The van der Waals surface area contributed by atoms with E-state index >= 15 is 0 Å². The van der Waals surface area contributed by atoms with Gasteiger partial charge in [-0.05, 0) is 31.0 Å². The number of carbonyl (C=O) groups excluding carboxylic acids is 1. The standard InChI is InChI=1S/C26H28ClN11O2/c1-3-38-24-18(11-32-38)22-17(10-30-24)25(35-34-23(22)29-9-15-4-5-20(40-2)19(27)8-15)37-13-21(31-14-37)33-26(39)36-7-6-16(28)12-36/h4-5,8,10-11,13-14,16H,3,6-7,9,12,28H2,1-2H3,(H,29,34)(H,33,39)/t16-/m1/s1. The van der Waals surface area contributed by atoms with Gasteiger partial charge in [-0.15, -0.1) is 10.2 Å². The fraction of sp³-hybridized carbons (Fsp3) is 0.308. The van der Waals surface area contributed by atoms with Crippen LogP contribution in [0.3, 0.4) is 0 Å². The lowest BCUT2D eigenvalue weighted by atomic mass is 10.1. The summed E-state index contributed by atoms with van der Waals surface area (Å²) in [4.78, 5) is 23.4. The number of likely N-dealkylation sites (tertiary alicyclic amines) is 1. The number of nitrogens with one attached hydrogen (secondary N) is 2. The molecule has 5 aromatic rings. The van der Waals surface area contributed by atoms with Crippen LogP contribution in [0.25, 0.3) is 27.6 Å². The smallest absolute Gasteiger partial charge is 0.323 e. The van der Waals surface area contributed by atoms with Crippen molar-refractivity contribution < 1.29 is 9.53 Å². The Bertz CT molecular complexity index is 1720. The Hall–Kier alpha value is -4.49. The molecule has 0 unspecified atom stereocenters. The molecule has 13 nitrogen and oxygen atoms in total. The monoisotopic (exact) mass is 561 g/mol. The molecule has 2 amide bonds. The highest BCUT2D eigenvalue weighted by Gasteiger charge is 2.24. The number of urea groups is 1. The molecule has 1 aromatic carbocycles. The summed E-state index contributed by atoms with van der Waals surface area (Å²) in [5.41, 5.74) is 7.63. The molecule has 0 saturated carbocycles. The van der Waals surface area contributed by atoms with Gasteiger partial charge in [0.25, 0.3) is 0 Å². The van der Waals surface area contributed by atoms with Gasteiger partial charge in [0.2, 0.25) is 0 Å². The number of hydrogen-bond acceptors (Lipinski definition) is 9. The number of amides is 2. The van der Waals surface area contributed by atoms with E-state index in [1.807, 2.05) is 29.8 Å². The minimum Gasteiger partial charge on any atom is -0.495 e. The number of halogens is 1. The number of aromatic nitrogens is 7. The van der Waals surface area contributed by atoms with Gasteiger partial charge in [0.1, 0.15) is 12.1 Å². The number of nitrogens with two attached hydrogens (primary N) is 1. The fourth-order valence-electron chi connectivity index (χ4n) is 4.87. The van der Waals surface area contributed by atoms with Gasteiger partial charge in [0.05, 0.1) is 29.9 Å². The molecular weight excluding hydrogens is 534 g/mol. The Labute approximate surface area is 234 Å². The van der Waals surface area contributed by atoms with Crippen molar-refractivity contribution in [2.75, 3.05) is 30.8 Å². The molecule has 1 aliphatic heterocycles. The molecule has 5 heterocycles. The number of hydrogen-bond donors (Lipinski definition) is 3. The van der Waals surface area contributed by atoms with E-state index in [0.29, 0.717) is 54.4 Å². The Morgan fingerprint density at radius 3 is 2.85 bits per heavy atom. The zero-order chi connectivity index (χ0) is 27.8. The van der Waals surface area contributed by atoms with E-state index in [9.17, 15) is 4.79 Å². The first-order valence-electron chi connectivity index (χ1n) is 12.9. The van der Waals surface area contributed by atoms with E-state index in [4.69, 9.17) is 22.1 Å². The van der Waals surface area contributed by atoms with Crippen LogP contribution in [-0.2, 0) is 13.1 Å². The lowest BCUT2D eigenvalue weighted by molar-refractivity contribution is 0.222. The number of imidazole rings is 1.